The fraction of sp³-hybridized carbons (Fsp3) is 0.231. The molecule has 18 heavy (non-hydrogen) atoms. The average Bonchev–Trinajstić information content (AvgIpc) is 2.39. The van der Waals surface area contributed by atoms with Gasteiger partial charge < -0.3 is 0 Å². The predicted molar refractivity (Wildman–Crippen MR) is 66.9 cm³/mol. The van der Waals surface area contributed by atoms with Gasteiger partial charge >= 0.3 is 0 Å². The summed E-state index contributed by atoms with van der Waals surface area (Å²) in [6.45, 7) is 1.88. The van der Waals surface area contributed by atoms with Crippen LogP contribution < -0.4 is 11.3 Å². The number of nitrogens with two attached hydrogens (primary N) is 1. The minimum Gasteiger partial charge on any atom is -0.271 e. The van der Waals surface area contributed by atoms with Crippen LogP contribution in [0.3, 0.4) is 0 Å². The van der Waals surface area contributed by atoms with Crippen molar-refractivity contribution in [1.82, 2.24) is 15.4 Å². The number of benzene rings is 1. The number of aromatic nitrogens is 2. The number of hydrogen-bond donors (Lipinski definition) is 2. The molecule has 0 aliphatic heterocycles. The number of hydrogen-bond acceptors (Lipinski definition) is 4. The lowest BCUT2D eigenvalue weighted by molar-refractivity contribution is 0.545. The Morgan fingerprint density at radius 3 is 2.67 bits per heavy atom. The van der Waals surface area contributed by atoms with E-state index in [9.17, 15) is 4.39 Å². The van der Waals surface area contributed by atoms with Gasteiger partial charge in [0.2, 0.25) is 0 Å². The van der Waals surface area contributed by atoms with Crippen molar-refractivity contribution in [3.05, 3.63) is 59.4 Å². The van der Waals surface area contributed by atoms with E-state index in [-0.39, 0.29) is 11.9 Å². The summed E-state index contributed by atoms with van der Waals surface area (Å²) in [7, 11) is 0. The van der Waals surface area contributed by atoms with Crippen LogP contribution in [0, 0.1) is 12.7 Å². The van der Waals surface area contributed by atoms with E-state index in [0.717, 1.165) is 16.7 Å². The third-order valence-corrected chi connectivity index (χ3v) is 2.91. The topological polar surface area (TPSA) is 63.8 Å². The number of halogens is 1. The zero-order valence-corrected chi connectivity index (χ0v) is 10.1. The van der Waals surface area contributed by atoms with E-state index in [2.05, 4.69) is 15.4 Å². The Labute approximate surface area is 105 Å². The lowest BCUT2D eigenvalue weighted by atomic mass is 9.98. The fourth-order valence-corrected chi connectivity index (χ4v) is 1.87. The molecule has 3 N–H and O–H groups in total. The highest BCUT2D eigenvalue weighted by Crippen LogP contribution is 2.19. The zero-order valence-electron chi connectivity index (χ0n) is 10.1. The van der Waals surface area contributed by atoms with Gasteiger partial charge in [-0.3, -0.25) is 11.3 Å². The summed E-state index contributed by atoms with van der Waals surface area (Å²) in [6.07, 6.45) is 5.57. The van der Waals surface area contributed by atoms with Crippen LogP contribution in [-0.4, -0.2) is 9.97 Å². The average molecular weight is 246 g/mol. The van der Waals surface area contributed by atoms with Crippen molar-refractivity contribution in [2.75, 3.05) is 0 Å². The van der Waals surface area contributed by atoms with Gasteiger partial charge in [-0.05, 0) is 36.6 Å². The maximum atomic E-state index is 13.0. The van der Waals surface area contributed by atoms with Gasteiger partial charge in [0.1, 0.15) is 12.1 Å². The molecule has 94 valence electrons. The van der Waals surface area contributed by atoms with Crippen LogP contribution in [0.5, 0.6) is 0 Å². The van der Waals surface area contributed by atoms with Crippen LogP contribution >= 0.6 is 0 Å². The molecule has 0 aliphatic carbocycles. The molecule has 0 radical (unpaired) electrons. The normalized spacial score (nSPS) is 12.4. The largest absolute Gasteiger partial charge is 0.271 e. The van der Waals surface area contributed by atoms with E-state index in [1.807, 2.05) is 6.92 Å². The molecular weight excluding hydrogens is 231 g/mol. The van der Waals surface area contributed by atoms with Crippen molar-refractivity contribution in [2.45, 2.75) is 19.4 Å². The molecule has 0 aliphatic rings. The van der Waals surface area contributed by atoms with Gasteiger partial charge in [0.15, 0.2) is 0 Å². The van der Waals surface area contributed by atoms with Crippen LogP contribution in [0.4, 0.5) is 4.39 Å². The Hall–Kier alpha value is -1.85. The maximum absolute atomic E-state index is 13.0. The molecule has 1 unspecified atom stereocenters. The zero-order chi connectivity index (χ0) is 13.0. The quantitative estimate of drug-likeness (QED) is 0.636. The number of aryl methyl sites for hydroxylation is 1. The molecule has 0 saturated carbocycles. The van der Waals surface area contributed by atoms with Crippen molar-refractivity contribution < 1.29 is 4.39 Å². The minimum atomic E-state index is -0.225. The predicted octanol–water partition coefficient (Wildman–Crippen LogP) is 1.67. The Kier molecular flexibility index (Phi) is 3.96. The smallest absolute Gasteiger partial charge is 0.123 e. The van der Waals surface area contributed by atoms with Crippen LogP contribution in [0.25, 0.3) is 0 Å². The van der Waals surface area contributed by atoms with Gasteiger partial charge in [-0.25, -0.2) is 14.4 Å². The van der Waals surface area contributed by atoms with Crippen LogP contribution in [0.1, 0.15) is 22.7 Å². The third kappa shape index (κ3) is 2.88. The van der Waals surface area contributed by atoms with E-state index >= 15 is 0 Å². The van der Waals surface area contributed by atoms with Crippen molar-refractivity contribution in [2.24, 2.45) is 5.84 Å². The highest BCUT2D eigenvalue weighted by atomic mass is 19.1. The molecule has 1 heterocycles. The standard InChI is InChI=1S/C13H15FN4/c1-9-4-12(14)3-2-10(9)5-13(18-15)11-6-16-8-17-7-11/h2-4,6-8,13,18H,5,15H2,1H3. The molecule has 0 spiro atoms. The first-order valence-electron chi connectivity index (χ1n) is 5.66. The second-order valence-corrected chi connectivity index (χ2v) is 4.17. The molecule has 1 aromatic carbocycles. The van der Waals surface area contributed by atoms with Crippen LogP contribution in [-0.2, 0) is 6.42 Å². The lowest BCUT2D eigenvalue weighted by Crippen LogP contribution is -2.30. The van der Waals surface area contributed by atoms with Gasteiger partial charge in [-0.1, -0.05) is 6.07 Å². The molecule has 2 rings (SSSR count). The summed E-state index contributed by atoms with van der Waals surface area (Å²) in [5, 5.41) is 0. The first kappa shape index (κ1) is 12.6. The second-order valence-electron chi connectivity index (χ2n) is 4.17. The number of rotatable bonds is 4. The summed E-state index contributed by atoms with van der Waals surface area (Å²) in [5.41, 5.74) is 5.60. The summed E-state index contributed by atoms with van der Waals surface area (Å²) >= 11 is 0. The molecule has 0 amide bonds. The van der Waals surface area contributed by atoms with Crippen molar-refractivity contribution in [1.29, 1.82) is 0 Å². The highest BCUT2D eigenvalue weighted by Gasteiger charge is 2.12. The Morgan fingerprint density at radius 1 is 1.33 bits per heavy atom. The summed E-state index contributed by atoms with van der Waals surface area (Å²) in [4.78, 5) is 7.93. The SMILES string of the molecule is Cc1cc(F)ccc1CC(NN)c1cncnc1. The molecule has 1 atom stereocenters. The Bertz CT molecular complexity index is 516. The van der Waals surface area contributed by atoms with Crippen molar-refractivity contribution >= 4 is 0 Å². The maximum Gasteiger partial charge on any atom is 0.123 e. The summed E-state index contributed by atoms with van der Waals surface area (Å²) in [6, 6.07) is 4.66. The van der Waals surface area contributed by atoms with Crippen LogP contribution in [0.2, 0.25) is 0 Å². The molecule has 0 fully saturated rings. The Balaban J connectivity index is 2.21. The molecular formula is C13H15FN4. The Morgan fingerprint density at radius 2 is 2.06 bits per heavy atom. The number of nitrogens with zero attached hydrogens (tertiary/aromatic N) is 2. The van der Waals surface area contributed by atoms with Gasteiger partial charge in [0.25, 0.3) is 0 Å². The highest BCUT2D eigenvalue weighted by molar-refractivity contribution is 5.28. The summed E-state index contributed by atoms with van der Waals surface area (Å²) in [5.74, 6) is 5.33. The molecule has 1 aromatic heterocycles. The van der Waals surface area contributed by atoms with E-state index in [0.29, 0.717) is 6.42 Å². The van der Waals surface area contributed by atoms with Gasteiger partial charge in [0.05, 0.1) is 6.04 Å². The van der Waals surface area contributed by atoms with Gasteiger partial charge in [-0.15, -0.1) is 0 Å². The summed E-state index contributed by atoms with van der Waals surface area (Å²) < 4.78 is 13.0. The van der Waals surface area contributed by atoms with Crippen molar-refractivity contribution in [3.63, 3.8) is 0 Å². The number of nitrogens with one attached hydrogen (secondary N) is 1. The minimum absolute atomic E-state index is 0.0876. The molecule has 4 nitrogen and oxygen atoms in total. The monoisotopic (exact) mass is 246 g/mol. The van der Waals surface area contributed by atoms with Gasteiger partial charge in [0, 0.05) is 18.0 Å². The molecule has 2 aromatic rings. The molecule has 0 bridgehead atoms. The molecule has 0 saturated heterocycles. The van der Waals surface area contributed by atoms with E-state index in [4.69, 9.17) is 5.84 Å². The third-order valence-electron chi connectivity index (χ3n) is 2.91. The first-order chi connectivity index (χ1) is 8.70. The first-order valence-corrected chi connectivity index (χ1v) is 5.66. The van der Waals surface area contributed by atoms with E-state index < -0.39 is 0 Å². The van der Waals surface area contributed by atoms with Crippen LogP contribution in [0.15, 0.2) is 36.9 Å². The van der Waals surface area contributed by atoms with E-state index in [1.165, 1.54) is 18.5 Å². The van der Waals surface area contributed by atoms with Crippen molar-refractivity contribution in [3.8, 4) is 0 Å². The lowest BCUT2D eigenvalue weighted by Gasteiger charge is -2.16. The van der Waals surface area contributed by atoms with Gasteiger partial charge in [-0.2, -0.15) is 0 Å². The molecule has 5 heteroatoms. The second kappa shape index (κ2) is 5.66. The fourth-order valence-electron chi connectivity index (χ4n) is 1.87. The number of hydrazine groups is 1. The van der Waals surface area contributed by atoms with E-state index in [1.54, 1.807) is 18.5 Å².